The number of hydrogen-bond donors (Lipinski definition) is 1. The van der Waals surface area contributed by atoms with Crippen molar-refractivity contribution < 1.29 is 14.3 Å². The van der Waals surface area contributed by atoms with Gasteiger partial charge in [0.25, 0.3) is 5.91 Å². The third kappa shape index (κ3) is 5.26. The van der Waals surface area contributed by atoms with Crippen LogP contribution < -0.4 is 15.2 Å². The highest BCUT2D eigenvalue weighted by Gasteiger charge is 2.28. The van der Waals surface area contributed by atoms with E-state index in [0.717, 1.165) is 37.7 Å². The van der Waals surface area contributed by atoms with Gasteiger partial charge in [0.2, 0.25) is 0 Å². The van der Waals surface area contributed by atoms with Gasteiger partial charge in [0.15, 0.2) is 11.5 Å². The van der Waals surface area contributed by atoms with Gasteiger partial charge in [-0.05, 0) is 74.4 Å². The molecular weight excluding hydrogens is 366 g/mol. The fourth-order valence-electron chi connectivity index (χ4n) is 3.83. The average molecular weight is 398 g/mol. The molecule has 0 spiro atoms. The van der Waals surface area contributed by atoms with E-state index in [2.05, 4.69) is 11.9 Å². The van der Waals surface area contributed by atoms with Crippen molar-refractivity contribution in [2.75, 3.05) is 27.3 Å². The Bertz CT molecular complexity index is 837. The van der Waals surface area contributed by atoms with Crippen LogP contribution in [0.15, 0.2) is 36.7 Å². The summed E-state index contributed by atoms with van der Waals surface area (Å²) in [5.74, 6) is 1.29. The predicted molar refractivity (Wildman–Crippen MR) is 114 cm³/mol. The normalized spacial score (nSPS) is 15.6. The van der Waals surface area contributed by atoms with Crippen molar-refractivity contribution in [1.29, 1.82) is 0 Å². The molecule has 2 heterocycles. The van der Waals surface area contributed by atoms with Crippen LogP contribution in [0.2, 0.25) is 0 Å². The Balaban J connectivity index is 1.56. The lowest BCUT2D eigenvalue weighted by molar-refractivity contribution is 0.0726. The number of nitrogens with two attached hydrogens (primary N) is 1. The summed E-state index contributed by atoms with van der Waals surface area (Å²) in [4.78, 5) is 18.9. The number of aromatic nitrogens is 1. The van der Waals surface area contributed by atoms with Gasteiger partial charge in [0.05, 0.1) is 14.2 Å². The number of pyridine rings is 1. The number of rotatable bonds is 9. The van der Waals surface area contributed by atoms with Crippen molar-refractivity contribution in [1.82, 2.24) is 9.88 Å². The van der Waals surface area contributed by atoms with Gasteiger partial charge in [-0.25, -0.2) is 0 Å². The molecule has 0 aliphatic carbocycles. The highest BCUT2D eigenvalue weighted by atomic mass is 16.5. The van der Waals surface area contributed by atoms with Gasteiger partial charge in [-0.1, -0.05) is 0 Å². The number of ether oxygens (including phenoxy) is 2. The number of nitrogens with zero attached hydrogens (tertiary/aromatic N) is 2. The number of carbonyl (C=O) groups excluding carboxylic acids is 1. The number of aryl methyl sites for hydroxylation is 1. The summed E-state index contributed by atoms with van der Waals surface area (Å²) < 4.78 is 10.7. The zero-order valence-electron chi connectivity index (χ0n) is 17.6. The Labute approximate surface area is 173 Å². The van der Waals surface area contributed by atoms with Crippen LogP contribution in [0.25, 0.3) is 0 Å². The number of fused-ring (bicyclic) bond motifs is 1. The largest absolute Gasteiger partial charge is 0.493 e. The quantitative estimate of drug-likeness (QED) is 0.703. The molecule has 1 aromatic carbocycles. The number of amides is 1. The molecule has 0 saturated heterocycles. The van der Waals surface area contributed by atoms with Crippen LogP contribution in [0.1, 0.15) is 47.7 Å². The second-order valence-electron chi connectivity index (χ2n) is 8.02. The first kappa shape index (κ1) is 21.1. The summed E-state index contributed by atoms with van der Waals surface area (Å²) in [7, 11) is 3.19. The maximum atomic E-state index is 13.0. The van der Waals surface area contributed by atoms with E-state index in [4.69, 9.17) is 15.2 Å². The summed E-state index contributed by atoms with van der Waals surface area (Å²) in [6.45, 7) is 3.44. The molecule has 0 saturated carbocycles. The molecule has 1 atom stereocenters. The molecule has 2 N–H and O–H groups in total. The van der Waals surface area contributed by atoms with Gasteiger partial charge in [0.1, 0.15) is 0 Å². The molecule has 1 aromatic heterocycles. The fraction of sp³-hybridized carbons (Fsp3) is 0.478. The van der Waals surface area contributed by atoms with Crippen molar-refractivity contribution >= 4 is 5.91 Å². The van der Waals surface area contributed by atoms with Crippen molar-refractivity contribution in [3.05, 3.63) is 53.3 Å². The molecule has 1 amide bonds. The van der Waals surface area contributed by atoms with Gasteiger partial charge in [-0.2, -0.15) is 0 Å². The van der Waals surface area contributed by atoms with Gasteiger partial charge < -0.3 is 20.1 Å². The molecule has 6 nitrogen and oxygen atoms in total. The Morgan fingerprint density at radius 2 is 1.83 bits per heavy atom. The molecule has 0 fully saturated rings. The van der Waals surface area contributed by atoms with Crippen LogP contribution in [0.4, 0.5) is 0 Å². The minimum atomic E-state index is -0.300. The topological polar surface area (TPSA) is 77.7 Å². The molecule has 2 aromatic rings. The Kier molecular flexibility index (Phi) is 6.75. The van der Waals surface area contributed by atoms with E-state index in [9.17, 15) is 4.79 Å². The van der Waals surface area contributed by atoms with E-state index < -0.39 is 0 Å². The molecule has 156 valence electrons. The van der Waals surface area contributed by atoms with Crippen LogP contribution in [0.5, 0.6) is 11.5 Å². The Morgan fingerprint density at radius 1 is 1.14 bits per heavy atom. The highest BCUT2D eigenvalue weighted by Crippen LogP contribution is 2.33. The lowest BCUT2D eigenvalue weighted by atomic mass is 9.90. The predicted octanol–water partition coefficient (Wildman–Crippen LogP) is 3.23. The second kappa shape index (κ2) is 9.27. The number of benzene rings is 1. The first-order valence-corrected chi connectivity index (χ1v) is 10.2. The SMILES string of the molecule is COc1cc2c(cc1OC)C(=O)N(CCC(C)(N)CCCc1ccncc1)CC2. The molecule has 3 rings (SSSR count). The van der Waals surface area contributed by atoms with Crippen LogP contribution in [-0.4, -0.2) is 48.6 Å². The van der Waals surface area contributed by atoms with Crippen molar-refractivity contribution in [3.8, 4) is 11.5 Å². The van der Waals surface area contributed by atoms with Crippen LogP contribution in [-0.2, 0) is 12.8 Å². The zero-order valence-corrected chi connectivity index (χ0v) is 17.6. The molecule has 1 aliphatic rings. The van der Waals surface area contributed by atoms with E-state index >= 15 is 0 Å². The Hall–Kier alpha value is -2.60. The van der Waals surface area contributed by atoms with E-state index in [-0.39, 0.29) is 11.4 Å². The third-order valence-corrected chi connectivity index (χ3v) is 5.69. The summed E-state index contributed by atoms with van der Waals surface area (Å²) in [5.41, 5.74) is 9.23. The summed E-state index contributed by atoms with van der Waals surface area (Å²) in [6, 6.07) is 7.79. The maximum absolute atomic E-state index is 13.0. The van der Waals surface area contributed by atoms with E-state index in [1.165, 1.54) is 5.56 Å². The lowest BCUT2D eigenvalue weighted by Crippen LogP contribution is -2.44. The van der Waals surface area contributed by atoms with Crippen LogP contribution >= 0.6 is 0 Å². The molecule has 1 aliphatic heterocycles. The van der Waals surface area contributed by atoms with E-state index in [0.29, 0.717) is 30.2 Å². The van der Waals surface area contributed by atoms with Gasteiger partial charge in [0, 0.05) is 36.6 Å². The van der Waals surface area contributed by atoms with E-state index in [1.807, 2.05) is 35.5 Å². The molecule has 0 radical (unpaired) electrons. The summed E-state index contributed by atoms with van der Waals surface area (Å²) in [5, 5.41) is 0. The first-order chi connectivity index (χ1) is 13.9. The standard InChI is InChI=1S/C23H31N3O3/c1-23(24,9-4-5-17-6-11-25-12-7-17)10-14-26-13-8-18-15-20(28-2)21(29-3)16-19(18)22(26)27/h6-7,11-12,15-16H,4-5,8-10,13-14,24H2,1-3H3. The van der Waals surface area contributed by atoms with Crippen molar-refractivity contribution in [3.63, 3.8) is 0 Å². The molecule has 1 unspecified atom stereocenters. The second-order valence-corrected chi connectivity index (χ2v) is 8.02. The molecule has 0 bridgehead atoms. The van der Waals surface area contributed by atoms with Crippen LogP contribution in [0, 0.1) is 0 Å². The van der Waals surface area contributed by atoms with Gasteiger partial charge in [-0.15, -0.1) is 0 Å². The smallest absolute Gasteiger partial charge is 0.254 e. The van der Waals surface area contributed by atoms with Gasteiger partial charge in [-0.3, -0.25) is 9.78 Å². The Morgan fingerprint density at radius 3 is 2.52 bits per heavy atom. The minimum absolute atomic E-state index is 0.0415. The summed E-state index contributed by atoms with van der Waals surface area (Å²) >= 11 is 0. The first-order valence-electron chi connectivity index (χ1n) is 10.2. The maximum Gasteiger partial charge on any atom is 0.254 e. The third-order valence-electron chi connectivity index (χ3n) is 5.69. The summed E-state index contributed by atoms with van der Waals surface area (Å²) in [6.07, 6.45) is 8.15. The van der Waals surface area contributed by atoms with Crippen molar-refractivity contribution in [2.24, 2.45) is 5.73 Å². The fourth-order valence-corrected chi connectivity index (χ4v) is 3.83. The van der Waals surface area contributed by atoms with E-state index in [1.54, 1.807) is 20.3 Å². The lowest BCUT2D eigenvalue weighted by Gasteiger charge is -2.33. The number of hydrogen-bond acceptors (Lipinski definition) is 5. The monoisotopic (exact) mass is 397 g/mol. The van der Waals surface area contributed by atoms with Crippen LogP contribution in [0.3, 0.4) is 0 Å². The molecular formula is C23H31N3O3. The molecule has 29 heavy (non-hydrogen) atoms. The number of carbonyl (C=O) groups is 1. The highest BCUT2D eigenvalue weighted by molar-refractivity contribution is 5.97. The zero-order chi connectivity index (χ0) is 20.9. The number of methoxy groups -OCH3 is 2. The minimum Gasteiger partial charge on any atom is -0.493 e. The average Bonchev–Trinajstić information content (AvgIpc) is 2.73. The molecule has 6 heteroatoms. The van der Waals surface area contributed by atoms with Crippen molar-refractivity contribution in [2.45, 2.75) is 44.6 Å². The van der Waals surface area contributed by atoms with Gasteiger partial charge >= 0.3 is 0 Å².